The molecule has 5 nitrogen and oxygen atoms in total. The van der Waals surface area contributed by atoms with Gasteiger partial charge in [0, 0.05) is 12.6 Å². The van der Waals surface area contributed by atoms with Crippen LogP contribution in [0.2, 0.25) is 0 Å². The Morgan fingerprint density at radius 2 is 2.56 bits per heavy atom. The minimum Gasteiger partial charge on any atom is -0.463 e. The second kappa shape index (κ2) is 4.48. The molecule has 16 heavy (non-hydrogen) atoms. The largest absolute Gasteiger partial charge is 0.463 e. The number of rotatable bonds is 4. The van der Waals surface area contributed by atoms with Crippen LogP contribution in [-0.4, -0.2) is 22.6 Å². The summed E-state index contributed by atoms with van der Waals surface area (Å²) < 4.78 is 5.17. The second-order valence-corrected chi connectivity index (χ2v) is 3.14. The van der Waals surface area contributed by atoms with E-state index < -0.39 is 0 Å². The molecule has 0 aliphatic rings. The van der Waals surface area contributed by atoms with Crippen molar-refractivity contribution < 1.29 is 9.21 Å². The molecule has 2 aromatic heterocycles. The van der Waals surface area contributed by atoms with Crippen LogP contribution in [0.3, 0.4) is 0 Å². The first-order chi connectivity index (χ1) is 7.81. The summed E-state index contributed by atoms with van der Waals surface area (Å²) >= 11 is 0. The third-order valence-electron chi connectivity index (χ3n) is 2.00. The molecular formula is C11H11N3O2. The minimum atomic E-state index is -0.242. The summed E-state index contributed by atoms with van der Waals surface area (Å²) in [7, 11) is 0. The fraction of sp³-hybridized carbons (Fsp3) is 0.0909. The van der Waals surface area contributed by atoms with E-state index in [1.807, 2.05) is 0 Å². The van der Waals surface area contributed by atoms with Crippen molar-refractivity contribution in [3.63, 3.8) is 0 Å². The van der Waals surface area contributed by atoms with Gasteiger partial charge >= 0.3 is 0 Å². The van der Waals surface area contributed by atoms with Crippen LogP contribution in [-0.2, 0) is 0 Å². The van der Waals surface area contributed by atoms with Crippen LogP contribution in [0, 0.1) is 0 Å². The molecule has 0 saturated heterocycles. The molecule has 0 bridgehead atoms. The molecule has 2 N–H and O–H groups in total. The van der Waals surface area contributed by atoms with Crippen LogP contribution in [0.1, 0.15) is 10.5 Å². The van der Waals surface area contributed by atoms with Gasteiger partial charge in [0.15, 0.2) is 11.5 Å². The van der Waals surface area contributed by atoms with E-state index in [4.69, 9.17) is 4.42 Å². The van der Waals surface area contributed by atoms with Gasteiger partial charge in [-0.25, -0.2) is 0 Å². The van der Waals surface area contributed by atoms with E-state index in [9.17, 15) is 4.79 Å². The molecule has 0 fully saturated rings. The Bertz CT molecular complexity index is 485. The number of furan rings is 1. The lowest BCUT2D eigenvalue weighted by Gasteiger charge is -1.96. The average molecular weight is 217 g/mol. The first kappa shape index (κ1) is 10.2. The summed E-state index contributed by atoms with van der Waals surface area (Å²) in [4.78, 5) is 11.5. The van der Waals surface area contributed by atoms with E-state index in [1.54, 1.807) is 30.5 Å². The molecule has 0 unspecified atom stereocenters. The van der Waals surface area contributed by atoms with Gasteiger partial charge in [-0.05, 0) is 12.1 Å². The molecule has 2 rings (SSSR count). The predicted octanol–water partition coefficient (Wildman–Crippen LogP) is 1.59. The number of carbonyl (C=O) groups excluding carboxylic acids is 1. The zero-order chi connectivity index (χ0) is 11.4. The number of hydrogen-bond donors (Lipinski definition) is 2. The van der Waals surface area contributed by atoms with Crippen molar-refractivity contribution in [3.05, 3.63) is 42.8 Å². The number of nitrogens with one attached hydrogen (secondary N) is 2. The molecule has 0 aliphatic carbocycles. The monoisotopic (exact) mass is 217 g/mol. The van der Waals surface area contributed by atoms with Crippen molar-refractivity contribution in [1.82, 2.24) is 15.5 Å². The smallest absolute Gasteiger partial charge is 0.272 e. The van der Waals surface area contributed by atoms with E-state index in [0.29, 0.717) is 23.7 Å². The fourth-order valence-electron chi connectivity index (χ4n) is 1.25. The van der Waals surface area contributed by atoms with Gasteiger partial charge in [-0.1, -0.05) is 6.08 Å². The van der Waals surface area contributed by atoms with Gasteiger partial charge < -0.3 is 9.73 Å². The van der Waals surface area contributed by atoms with E-state index >= 15 is 0 Å². The Balaban J connectivity index is 2.13. The van der Waals surface area contributed by atoms with Crippen molar-refractivity contribution in [2.75, 3.05) is 6.54 Å². The highest BCUT2D eigenvalue weighted by Gasteiger charge is 2.11. The maximum atomic E-state index is 11.5. The molecule has 0 spiro atoms. The fourth-order valence-corrected chi connectivity index (χ4v) is 1.25. The highest BCUT2D eigenvalue weighted by Crippen LogP contribution is 2.17. The summed E-state index contributed by atoms with van der Waals surface area (Å²) in [6.45, 7) is 3.93. The lowest BCUT2D eigenvalue weighted by molar-refractivity contribution is 0.0953. The summed E-state index contributed by atoms with van der Waals surface area (Å²) in [5.74, 6) is 0.407. The second-order valence-electron chi connectivity index (χ2n) is 3.14. The molecule has 0 aliphatic heterocycles. The number of nitrogens with zero attached hydrogens (tertiary/aromatic N) is 1. The lowest BCUT2D eigenvalue weighted by atomic mass is 10.3. The first-order valence-electron chi connectivity index (χ1n) is 4.79. The zero-order valence-corrected chi connectivity index (χ0v) is 8.56. The molecule has 1 amide bonds. The van der Waals surface area contributed by atoms with Crippen molar-refractivity contribution in [1.29, 1.82) is 0 Å². The van der Waals surface area contributed by atoms with Gasteiger partial charge in [-0.15, -0.1) is 6.58 Å². The maximum absolute atomic E-state index is 11.5. The highest BCUT2D eigenvalue weighted by atomic mass is 16.3. The van der Waals surface area contributed by atoms with Crippen LogP contribution in [0.5, 0.6) is 0 Å². The summed E-state index contributed by atoms with van der Waals surface area (Å²) in [5, 5.41) is 9.27. The summed E-state index contributed by atoms with van der Waals surface area (Å²) in [6, 6.07) is 5.20. The van der Waals surface area contributed by atoms with Crippen LogP contribution in [0.25, 0.3) is 11.5 Å². The van der Waals surface area contributed by atoms with Gasteiger partial charge in [0.2, 0.25) is 0 Å². The van der Waals surface area contributed by atoms with Gasteiger partial charge in [0.1, 0.15) is 5.69 Å². The molecule has 5 heteroatoms. The third-order valence-corrected chi connectivity index (χ3v) is 2.00. The van der Waals surface area contributed by atoms with Gasteiger partial charge in [-0.3, -0.25) is 9.89 Å². The molecule has 0 saturated carbocycles. The Morgan fingerprint density at radius 1 is 1.69 bits per heavy atom. The van der Waals surface area contributed by atoms with E-state index in [0.717, 1.165) is 0 Å². The SMILES string of the molecule is C=CCNC(=O)c1cc(-c2ccco2)[nH]n1. The van der Waals surface area contributed by atoms with Gasteiger partial charge in [-0.2, -0.15) is 5.10 Å². The predicted molar refractivity (Wildman–Crippen MR) is 58.8 cm³/mol. The molecule has 2 aromatic rings. The maximum Gasteiger partial charge on any atom is 0.272 e. The number of aromatic amines is 1. The standard InChI is InChI=1S/C11H11N3O2/c1-2-5-12-11(15)9-7-8(13-14-9)10-4-3-6-16-10/h2-4,6-7H,1,5H2,(H,12,15)(H,13,14). The van der Waals surface area contributed by atoms with E-state index in [-0.39, 0.29) is 5.91 Å². The summed E-state index contributed by atoms with van der Waals surface area (Å²) in [6.07, 6.45) is 3.17. The lowest BCUT2D eigenvalue weighted by Crippen LogP contribution is -2.23. The number of hydrogen-bond acceptors (Lipinski definition) is 3. The highest BCUT2D eigenvalue weighted by molar-refractivity contribution is 5.93. The van der Waals surface area contributed by atoms with Crippen LogP contribution in [0.4, 0.5) is 0 Å². The van der Waals surface area contributed by atoms with Gasteiger partial charge in [0.05, 0.1) is 6.26 Å². The Labute approximate surface area is 92.2 Å². The number of aromatic nitrogens is 2. The molecule has 82 valence electrons. The zero-order valence-electron chi connectivity index (χ0n) is 8.56. The first-order valence-corrected chi connectivity index (χ1v) is 4.79. The molecular weight excluding hydrogens is 206 g/mol. The number of amides is 1. The third kappa shape index (κ3) is 2.03. The average Bonchev–Trinajstić information content (AvgIpc) is 2.94. The Kier molecular flexibility index (Phi) is 2.86. The number of carbonyl (C=O) groups is 1. The van der Waals surface area contributed by atoms with Crippen LogP contribution < -0.4 is 5.32 Å². The Morgan fingerprint density at radius 3 is 3.25 bits per heavy atom. The topological polar surface area (TPSA) is 70.9 Å². The molecule has 0 atom stereocenters. The normalized spacial score (nSPS) is 10.0. The van der Waals surface area contributed by atoms with Gasteiger partial charge in [0.25, 0.3) is 5.91 Å². The molecule has 0 radical (unpaired) electrons. The molecule has 0 aromatic carbocycles. The molecule has 2 heterocycles. The van der Waals surface area contributed by atoms with Crippen LogP contribution >= 0.6 is 0 Å². The van der Waals surface area contributed by atoms with Crippen molar-refractivity contribution in [3.8, 4) is 11.5 Å². The van der Waals surface area contributed by atoms with Crippen molar-refractivity contribution in [2.24, 2.45) is 0 Å². The minimum absolute atomic E-state index is 0.242. The number of H-pyrrole nitrogens is 1. The van der Waals surface area contributed by atoms with Crippen molar-refractivity contribution >= 4 is 5.91 Å². The quantitative estimate of drug-likeness (QED) is 0.764. The van der Waals surface area contributed by atoms with Crippen molar-refractivity contribution in [2.45, 2.75) is 0 Å². The van der Waals surface area contributed by atoms with Crippen LogP contribution in [0.15, 0.2) is 41.5 Å². The Hall–Kier alpha value is -2.30. The summed E-state index contributed by atoms with van der Waals surface area (Å²) in [5.41, 5.74) is 1.00. The van der Waals surface area contributed by atoms with E-state index in [2.05, 4.69) is 22.1 Å². The van der Waals surface area contributed by atoms with E-state index in [1.165, 1.54) is 0 Å².